The van der Waals surface area contributed by atoms with E-state index in [0.717, 1.165) is 72.5 Å². The SMILES string of the molecule is CCCCc1nc(CC)c(CC(=O)N2CCCC2)c(=O)n1Cc1ccc(-c2ccccc2-c2noc(=O)[nH]2)cc1. The molecule has 1 N–H and O–H groups in total. The number of nitrogens with one attached hydrogen (secondary N) is 1. The number of nitrogens with zero attached hydrogens (tertiary/aromatic N) is 4. The number of aromatic amines is 1. The molecule has 4 aromatic rings. The van der Waals surface area contributed by atoms with Crippen LogP contribution in [-0.4, -0.2) is 43.6 Å². The van der Waals surface area contributed by atoms with Gasteiger partial charge in [0.25, 0.3) is 5.56 Å². The fraction of sp³-hybridized carbons (Fsp3) is 0.387. The first-order chi connectivity index (χ1) is 19.5. The summed E-state index contributed by atoms with van der Waals surface area (Å²) in [6, 6.07) is 15.6. The molecule has 0 spiro atoms. The maximum atomic E-state index is 13.9. The summed E-state index contributed by atoms with van der Waals surface area (Å²) in [4.78, 5) is 47.8. The molecule has 1 aliphatic heterocycles. The Labute approximate surface area is 232 Å². The van der Waals surface area contributed by atoms with Crippen LogP contribution < -0.4 is 11.3 Å². The lowest BCUT2D eigenvalue weighted by atomic mass is 9.98. The van der Waals surface area contributed by atoms with E-state index in [4.69, 9.17) is 9.51 Å². The lowest BCUT2D eigenvalue weighted by Crippen LogP contribution is -2.35. The predicted octanol–water partition coefficient (Wildman–Crippen LogP) is 4.37. The van der Waals surface area contributed by atoms with Crippen LogP contribution in [0.15, 0.2) is 62.6 Å². The average molecular weight is 542 g/mol. The summed E-state index contributed by atoms with van der Waals surface area (Å²) < 4.78 is 6.46. The molecule has 0 bridgehead atoms. The third kappa shape index (κ3) is 5.83. The number of H-pyrrole nitrogens is 1. The van der Waals surface area contributed by atoms with Crippen molar-refractivity contribution in [2.24, 2.45) is 0 Å². The fourth-order valence-corrected chi connectivity index (χ4v) is 5.34. The van der Waals surface area contributed by atoms with E-state index in [1.165, 1.54) is 0 Å². The quantitative estimate of drug-likeness (QED) is 0.319. The Balaban J connectivity index is 1.47. The van der Waals surface area contributed by atoms with Gasteiger partial charge in [-0.1, -0.05) is 74.0 Å². The van der Waals surface area contributed by atoms with Gasteiger partial charge in [0.15, 0.2) is 5.82 Å². The highest BCUT2D eigenvalue weighted by molar-refractivity contribution is 5.80. The lowest BCUT2D eigenvalue weighted by molar-refractivity contribution is -0.129. The Morgan fingerprint density at radius 1 is 1.00 bits per heavy atom. The van der Waals surface area contributed by atoms with Crippen LogP contribution in [0, 0.1) is 0 Å². The number of aromatic nitrogens is 4. The average Bonchev–Trinajstić information content (AvgIpc) is 3.67. The molecule has 1 amide bonds. The van der Waals surface area contributed by atoms with E-state index in [-0.39, 0.29) is 17.9 Å². The molecule has 9 nitrogen and oxygen atoms in total. The molecule has 9 heteroatoms. The minimum atomic E-state index is -0.603. The summed E-state index contributed by atoms with van der Waals surface area (Å²) in [7, 11) is 0. The van der Waals surface area contributed by atoms with Gasteiger partial charge in [0, 0.05) is 30.6 Å². The monoisotopic (exact) mass is 541 g/mol. The molecule has 2 aromatic carbocycles. The van der Waals surface area contributed by atoms with E-state index >= 15 is 0 Å². The molecule has 0 unspecified atom stereocenters. The van der Waals surface area contributed by atoms with Crippen molar-refractivity contribution in [1.82, 2.24) is 24.6 Å². The number of carbonyl (C=O) groups excluding carboxylic acids is 1. The van der Waals surface area contributed by atoms with Crippen molar-refractivity contribution in [3.8, 4) is 22.5 Å². The molecule has 1 fully saturated rings. The van der Waals surface area contributed by atoms with E-state index < -0.39 is 5.76 Å². The Morgan fingerprint density at radius 3 is 2.38 bits per heavy atom. The van der Waals surface area contributed by atoms with Crippen LogP contribution in [0.1, 0.15) is 62.2 Å². The molecular formula is C31H35N5O4. The summed E-state index contributed by atoms with van der Waals surface area (Å²) in [6.45, 7) is 6.01. The van der Waals surface area contributed by atoms with Gasteiger partial charge < -0.3 is 4.90 Å². The van der Waals surface area contributed by atoms with Gasteiger partial charge in [-0.15, -0.1) is 0 Å². The Hall–Kier alpha value is -4.27. The van der Waals surface area contributed by atoms with Gasteiger partial charge in [0.2, 0.25) is 5.91 Å². The molecule has 40 heavy (non-hydrogen) atoms. The molecule has 0 atom stereocenters. The number of likely N-dealkylation sites (tertiary alicyclic amines) is 1. The van der Waals surface area contributed by atoms with Crippen molar-refractivity contribution < 1.29 is 9.32 Å². The summed E-state index contributed by atoms with van der Waals surface area (Å²) in [5.41, 5.74) is 4.69. The van der Waals surface area contributed by atoms with Gasteiger partial charge in [-0.25, -0.2) is 9.78 Å². The summed E-state index contributed by atoms with van der Waals surface area (Å²) in [6.07, 6.45) is 5.38. The second-order valence-electron chi connectivity index (χ2n) is 10.3. The van der Waals surface area contributed by atoms with Gasteiger partial charge in [0.05, 0.1) is 18.7 Å². The zero-order valence-corrected chi connectivity index (χ0v) is 23.1. The molecule has 1 saturated heterocycles. The molecule has 3 heterocycles. The second-order valence-corrected chi connectivity index (χ2v) is 10.3. The third-order valence-corrected chi connectivity index (χ3v) is 7.53. The third-order valence-electron chi connectivity index (χ3n) is 7.53. The highest BCUT2D eigenvalue weighted by Gasteiger charge is 2.23. The summed E-state index contributed by atoms with van der Waals surface area (Å²) >= 11 is 0. The fourth-order valence-electron chi connectivity index (χ4n) is 5.34. The number of benzene rings is 2. The standard InChI is InChI=1S/C31H35N5O4/c1-3-5-12-27-32-26(4-2)25(19-28(37)35-17-8-9-18-35)30(38)36(27)20-21-13-15-22(16-14-21)23-10-6-7-11-24(23)29-33-31(39)40-34-29/h6-7,10-11,13-16H,3-5,8-9,12,17-20H2,1-2H3,(H,33,34,39). The van der Waals surface area contributed by atoms with Crippen molar-refractivity contribution >= 4 is 5.91 Å². The van der Waals surface area contributed by atoms with Crippen molar-refractivity contribution in [2.45, 2.75) is 65.3 Å². The summed E-state index contributed by atoms with van der Waals surface area (Å²) in [5.74, 6) is 0.546. The Morgan fingerprint density at radius 2 is 1.73 bits per heavy atom. The van der Waals surface area contributed by atoms with E-state index in [0.29, 0.717) is 30.8 Å². The Kier molecular flexibility index (Phi) is 8.38. The van der Waals surface area contributed by atoms with Crippen LogP contribution in [0.5, 0.6) is 0 Å². The maximum absolute atomic E-state index is 13.9. The topological polar surface area (TPSA) is 114 Å². The Bertz CT molecular complexity index is 1590. The first kappa shape index (κ1) is 27.3. The molecule has 5 rings (SSSR count). The molecule has 1 aliphatic rings. The zero-order chi connectivity index (χ0) is 28.1. The van der Waals surface area contributed by atoms with Crippen LogP contribution in [0.2, 0.25) is 0 Å². The normalized spacial score (nSPS) is 13.2. The maximum Gasteiger partial charge on any atom is 0.439 e. The van der Waals surface area contributed by atoms with Gasteiger partial charge >= 0.3 is 5.76 Å². The zero-order valence-electron chi connectivity index (χ0n) is 23.1. The highest BCUT2D eigenvalue weighted by atomic mass is 16.5. The smallest absolute Gasteiger partial charge is 0.342 e. The van der Waals surface area contributed by atoms with Crippen molar-refractivity contribution in [3.05, 3.63) is 92.1 Å². The molecule has 2 aromatic heterocycles. The van der Waals surface area contributed by atoms with E-state index in [9.17, 15) is 14.4 Å². The highest BCUT2D eigenvalue weighted by Crippen LogP contribution is 2.30. The molecular weight excluding hydrogens is 506 g/mol. The van der Waals surface area contributed by atoms with E-state index in [1.54, 1.807) is 4.57 Å². The van der Waals surface area contributed by atoms with E-state index in [1.807, 2.05) is 60.4 Å². The van der Waals surface area contributed by atoms with Crippen LogP contribution >= 0.6 is 0 Å². The number of hydrogen-bond acceptors (Lipinski definition) is 6. The first-order valence-corrected chi connectivity index (χ1v) is 14.1. The summed E-state index contributed by atoms with van der Waals surface area (Å²) in [5, 5.41) is 3.84. The van der Waals surface area contributed by atoms with Gasteiger partial charge in [-0.05, 0) is 42.4 Å². The van der Waals surface area contributed by atoms with Crippen LogP contribution in [0.3, 0.4) is 0 Å². The predicted molar refractivity (Wildman–Crippen MR) is 153 cm³/mol. The molecule has 208 valence electrons. The van der Waals surface area contributed by atoms with Gasteiger partial charge in [0.1, 0.15) is 5.82 Å². The number of hydrogen-bond donors (Lipinski definition) is 1. The number of unbranched alkanes of at least 4 members (excludes halogenated alkanes) is 1. The number of carbonyl (C=O) groups is 1. The van der Waals surface area contributed by atoms with Crippen molar-refractivity contribution in [1.29, 1.82) is 0 Å². The number of rotatable bonds is 10. The van der Waals surface area contributed by atoms with Crippen LogP contribution in [0.25, 0.3) is 22.5 Å². The molecule has 0 aliphatic carbocycles. The lowest BCUT2D eigenvalue weighted by Gasteiger charge is -2.19. The molecule has 0 radical (unpaired) electrons. The van der Waals surface area contributed by atoms with Crippen LogP contribution in [-0.2, 0) is 30.6 Å². The minimum Gasteiger partial charge on any atom is -0.342 e. The molecule has 0 saturated carbocycles. The van der Waals surface area contributed by atoms with Crippen molar-refractivity contribution in [2.75, 3.05) is 13.1 Å². The number of amides is 1. The van der Waals surface area contributed by atoms with Crippen LogP contribution in [0.4, 0.5) is 0 Å². The van der Waals surface area contributed by atoms with Crippen molar-refractivity contribution in [3.63, 3.8) is 0 Å². The number of aryl methyl sites for hydroxylation is 2. The second kappa shape index (κ2) is 12.3. The van der Waals surface area contributed by atoms with E-state index in [2.05, 4.69) is 17.1 Å². The van der Waals surface area contributed by atoms with Gasteiger partial charge in [-0.2, -0.15) is 0 Å². The minimum absolute atomic E-state index is 0.00966. The van der Waals surface area contributed by atoms with Gasteiger partial charge in [-0.3, -0.25) is 23.7 Å². The first-order valence-electron chi connectivity index (χ1n) is 14.1. The largest absolute Gasteiger partial charge is 0.439 e.